The highest BCUT2D eigenvalue weighted by atomic mass is 16.5. The second kappa shape index (κ2) is 6.39. The topological polar surface area (TPSA) is 47.6 Å². The first-order chi connectivity index (χ1) is 4.85. The van der Waals surface area contributed by atoms with Gasteiger partial charge in [0.2, 0.25) is 5.90 Å². The molecule has 0 unspecified atom stereocenters. The van der Waals surface area contributed by atoms with Crippen molar-refractivity contribution in [2.45, 2.75) is 33.1 Å². The Labute approximate surface area is 62.2 Å². The van der Waals surface area contributed by atoms with Crippen molar-refractivity contribution in [2.75, 3.05) is 6.61 Å². The van der Waals surface area contributed by atoms with Gasteiger partial charge in [-0.3, -0.25) is 0 Å². The van der Waals surface area contributed by atoms with E-state index in [2.05, 4.69) is 12.0 Å². The largest absolute Gasteiger partial charge is 0.480 e. The normalized spacial score (nSPS) is 11.6. The van der Waals surface area contributed by atoms with Crippen molar-refractivity contribution in [3.63, 3.8) is 0 Å². The van der Waals surface area contributed by atoms with Crippen LogP contribution in [0.25, 0.3) is 0 Å². The van der Waals surface area contributed by atoms with Gasteiger partial charge in [0.15, 0.2) is 0 Å². The van der Waals surface area contributed by atoms with Gasteiger partial charge >= 0.3 is 0 Å². The van der Waals surface area contributed by atoms with Gasteiger partial charge in [0.05, 0.1) is 6.61 Å². The number of hydrazone groups is 1. The lowest BCUT2D eigenvalue weighted by Crippen LogP contribution is -2.07. The summed E-state index contributed by atoms with van der Waals surface area (Å²) in [6, 6.07) is 0. The first-order valence-electron chi connectivity index (χ1n) is 3.74. The Hall–Kier alpha value is -0.730. The van der Waals surface area contributed by atoms with Crippen molar-refractivity contribution >= 4 is 5.90 Å². The number of unbranched alkanes of at least 4 members (excludes halogenated alkanes) is 1. The van der Waals surface area contributed by atoms with Crippen LogP contribution in [0.15, 0.2) is 5.10 Å². The van der Waals surface area contributed by atoms with E-state index in [-0.39, 0.29) is 0 Å². The third-order valence-electron chi connectivity index (χ3n) is 1.21. The van der Waals surface area contributed by atoms with E-state index in [0.29, 0.717) is 5.90 Å². The molecule has 0 heterocycles. The Morgan fingerprint density at radius 1 is 1.50 bits per heavy atom. The number of hydrogen-bond donors (Lipinski definition) is 1. The maximum absolute atomic E-state index is 5.21. The standard InChI is InChI=1S/C7H16N2O/c1-3-5-6-10-7(4-2)9-8/h3-6,8H2,1-2H3. The molecule has 0 aliphatic heterocycles. The second-order valence-corrected chi connectivity index (χ2v) is 2.08. The predicted octanol–water partition coefficient (Wildman–Crippen LogP) is 1.49. The summed E-state index contributed by atoms with van der Waals surface area (Å²) in [6.45, 7) is 4.83. The first-order valence-corrected chi connectivity index (χ1v) is 3.74. The fourth-order valence-corrected chi connectivity index (χ4v) is 0.565. The van der Waals surface area contributed by atoms with E-state index in [0.717, 1.165) is 25.9 Å². The van der Waals surface area contributed by atoms with Gasteiger partial charge in [-0.1, -0.05) is 20.3 Å². The summed E-state index contributed by atoms with van der Waals surface area (Å²) < 4.78 is 5.21. The van der Waals surface area contributed by atoms with E-state index in [4.69, 9.17) is 10.6 Å². The summed E-state index contributed by atoms with van der Waals surface area (Å²) in [4.78, 5) is 0. The van der Waals surface area contributed by atoms with E-state index in [1.807, 2.05) is 6.92 Å². The Kier molecular flexibility index (Phi) is 5.92. The molecule has 0 saturated carbocycles. The smallest absolute Gasteiger partial charge is 0.205 e. The van der Waals surface area contributed by atoms with Crippen LogP contribution in [-0.2, 0) is 4.74 Å². The molecule has 0 amide bonds. The summed E-state index contributed by atoms with van der Waals surface area (Å²) in [5, 5.41) is 3.47. The van der Waals surface area contributed by atoms with Crippen LogP contribution in [0.1, 0.15) is 33.1 Å². The molecule has 0 atom stereocenters. The molecular formula is C7H16N2O. The van der Waals surface area contributed by atoms with Crippen molar-refractivity contribution in [3.8, 4) is 0 Å². The van der Waals surface area contributed by atoms with Crippen LogP contribution in [-0.4, -0.2) is 12.5 Å². The molecule has 10 heavy (non-hydrogen) atoms. The molecule has 0 aromatic rings. The van der Waals surface area contributed by atoms with Gasteiger partial charge in [-0.15, -0.1) is 5.10 Å². The summed E-state index contributed by atoms with van der Waals surface area (Å²) in [7, 11) is 0. The minimum absolute atomic E-state index is 0.647. The van der Waals surface area contributed by atoms with E-state index in [1.54, 1.807) is 0 Å². The molecule has 0 bridgehead atoms. The molecule has 0 aliphatic carbocycles. The highest BCUT2D eigenvalue weighted by molar-refractivity contribution is 5.75. The van der Waals surface area contributed by atoms with Gasteiger partial charge in [0.25, 0.3) is 0 Å². The van der Waals surface area contributed by atoms with Crippen LogP contribution in [0.3, 0.4) is 0 Å². The zero-order chi connectivity index (χ0) is 7.82. The number of nitrogens with zero attached hydrogens (tertiary/aromatic N) is 1. The quantitative estimate of drug-likeness (QED) is 0.213. The molecule has 0 aromatic heterocycles. The first kappa shape index (κ1) is 9.27. The highest BCUT2D eigenvalue weighted by Crippen LogP contribution is 1.91. The lowest BCUT2D eigenvalue weighted by molar-refractivity contribution is 0.288. The summed E-state index contributed by atoms with van der Waals surface area (Å²) in [5.74, 6) is 5.68. The maximum Gasteiger partial charge on any atom is 0.205 e. The Morgan fingerprint density at radius 3 is 2.60 bits per heavy atom. The van der Waals surface area contributed by atoms with Crippen LogP contribution >= 0.6 is 0 Å². The van der Waals surface area contributed by atoms with Crippen LogP contribution in [0.4, 0.5) is 0 Å². The lowest BCUT2D eigenvalue weighted by Gasteiger charge is -2.03. The Balaban J connectivity index is 3.27. The van der Waals surface area contributed by atoms with Gasteiger partial charge in [-0.2, -0.15) is 0 Å². The third-order valence-corrected chi connectivity index (χ3v) is 1.21. The highest BCUT2D eigenvalue weighted by Gasteiger charge is 1.93. The van der Waals surface area contributed by atoms with E-state index in [1.165, 1.54) is 0 Å². The van der Waals surface area contributed by atoms with Crippen molar-refractivity contribution < 1.29 is 4.74 Å². The van der Waals surface area contributed by atoms with Crippen molar-refractivity contribution in [1.29, 1.82) is 0 Å². The molecule has 0 radical (unpaired) electrons. The van der Waals surface area contributed by atoms with Crippen LogP contribution in [0, 0.1) is 0 Å². The van der Waals surface area contributed by atoms with E-state index < -0.39 is 0 Å². The SMILES string of the molecule is CCCCOC(CC)=NN. The molecular weight excluding hydrogens is 128 g/mol. The zero-order valence-corrected chi connectivity index (χ0v) is 6.76. The van der Waals surface area contributed by atoms with Gasteiger partial charge in [0, 0.05) is 6.42 Å². The van der Waals surface area contributed by atoms with Crippen molar-refractivity contribution in [3.05, 3.63) is 0 Å². The molecule has 3 heteroatoms. The molecule has 0 aromatic carbocycles. The summed E-state index contributed by atoms with van der Waals surface area (Å²) in [5.41, 5.74) is 0. The number of ether oxygens (including phenoxy) is 1. The number of hydrogen-bond acceptors (Lipinski definition) is 3. The predicted molar refractivity (Wildman–Crippen MR) is 42.8 cm³/mol. The van der Waals surface area contributed by atoms with Crippen LogP contribution in [0.5, 0.6) is 0 Å². The Bertz CT molecular complexity index is 102. The molecule has 2 N–H and O–H groups in total. The molecule has 0 aliphatic rings. The fraction of sp³-hybridized carbons (Fsp3) is 0.857. The van der Waals surface area contributed by atoms with Gasteiger partial charge < -0.3 is 10.6 Å². The molecule has 3 nitrogen and oxygen atoms in total. The van der Waals surface area contributed by atoms with Crippen LogP contribution in [0.2, 0.25) is 0 Å². The summed E-state index contributed by atoms with van der Waals surface area (Å²) >= 11 is 0. The number of nitrogens with two attached hydrogens (primary N) is 1. The molecule has 0 saturated heterocycles. The summed E-state index contributed by atoms with van der Waals surface area (Å²) in [6.07, 6.45) is 2.99. The van der Waals surface area contributed by atoms with Crippen molar-refractivity contribution in [2.24, 2.45) is 10.9 Å². The maximum atomic E-state index is 5.21. The molecule has 0 fully saturated rings. The molecule has 0 rings (SSSR count). The minimum atomic E-state index is 0.647. The average molecular weight is 144 g/mol. The van der Waals surface area contributed by atoms with Gasteiger partial charge in [-0.05, 0) is 6.42 Å². The van der Waals surface area contributed by atoms with Crippen LogP contribution < -0.4 is 5.84 Å². The minimum Gasteiger partial charge on any atom is -0.480 e. The van der Waals surface area contributed by atoms with Gasteiger partial charge in [0.1, 0.15) is 0 Å². The van der Waals surface area contributed by atoms with Crippen molar-refractivity contribution in [1.82, 2.24) is 0 Å². The van der Waals surface area contributed by atoms with E-state index >= 15 is 0 Å². The molecule has 60 valence electrons. The second-order valence-electron chi connectivity index (χ2n) is 2.08. The third kappa shape index (κ3) is 4.18. The monoisotopic (exact) mass is 144 g/mol. The zero-order valence-electron chi connectivity index (χ0n) is 6.76. The van der Waals surface area contributed by atoms with E-state index in [9.17, 15) is 0 Å². The van der Waals surface area contributed by atoms with Gasteiger partial charge in [-0.25, -0.2) is 0 Å². The fourth-order valence-electron chi connectivity index (χ4n) is 0.565. The molecule has 0 spiro atoms. The number of rotatable bonds is 4. The average Bonchev–Trinajstić information content (AvgIpc) is 1.99. The lowest BCUT2D eigenvalue weighted by atomic mass is 10.4. The Morgan fingerprint density at radius 2 is 2.20 bits per heavy atom.